The largest absolute Gasteiger partial charge is 0.488 e. The molecule has 0 atom stereocenters. The molecule has 2 aromatic rings. The Morgan fingerprint density at radius 2 is 1.53 bits per heavy atom. The highest BCUT2D eigenvalue weighted by Crippen LogP contribution is 2.21. The van der Waals surface area contributed by atoms with Crippen molar-refractivity contribution >= 4 is 12.6 Å². The van der Waals surface area contributed by atoms with Gasteiger partial charge < -0.3 is 10.0 Å². The monoisotopic (exact) mass is 234 g/mol. The highest BCUT2D eigenvalue weighted by molar-refractivity contribution is 6.58. The third-order valence-corrected chi connectivity index (χ3v) is 2.45. The van der Waals surface area contributed by atoms with Crippen molar-refractivity contribution in [1.82, 2.24) is 0 Å². The van der Waals surface area contributed by atoms with E-state index in [1.165, 1.54) is 36.4 Å². The van der Waals surface area contributed by atoms with E-state index in [-0.39, 0.29) is 11.0 Å². The van der Waals surface area contributed by atoms with Gasteiger partial charge in [0.05, 0.1) is 0 Å². The maximum absolute atomic E-state index is 13.7. The predicted octanol–water partition coefficient (Wildman–Crippen LogP) is 1.31. The molecule has 0 bridgehead atoms. The molecular formula is C12H9BF2O2. The van der Waals surface area contributed by atoms with Crippen LogP contribution in [0, 0.1) is 11.6 Å². The van der Waals surface area contributed by atoms with Crippen LogP contribution >= 0.6 is 0 Å². The van der Waals surface area contributed by atoms with Crippen LogP contribution in [0.5, 0.6) is 0 Å². The molecule has 0 unspecified atom stereocenters. The third-order valence-electron chi connectivity index (χ3n) is 2.45. The van der Waals surface area contributed by atoms with E-state index in [2.05, 4.69) is 0 Å². The zero-order valence-electron chi connectivity index (χ0n) is 8.77. The summed E-state index contributed by atoms with van der Waals surface area (Å²) in [5, 5.41) is 17.8. The lowest BCUT2D eigenvalue weighted by molar-refractivity contribution is 0.425. The Labute approximate surface area is 97.3 Å². The van der Waals surface area contributed by atoms with Crippen molar-refractivity contribution in [1.29, 1.82) is 0 Å². The first-order chi connectivity index (χ1) is 8.08. The second-order valence-corrected chi connectivity index (χ2v) is 3.62. The standard InChI is InChI=1S/C12H9BF2O2/c14-10-4-1-8(2-5-10)11-6-3-9(13(16)17)7-12(11)15/h1-7,16-17H. The Bertz CT molecular complexity index is 527. The molecule has 86 valence electrons. The molecule has 0 aliphatic heterocycles. The van der Waals surface area contributed by atoms with E-state index in [1.807, 2.05) is 0 Å². The summed E-state index contributed by atoms with van der Waals surface area (Å²) in [4.78, 5) is 0. The minimum atomic E-state index is -1.70. The summed E-state index contributed by atoms with van der Waals surface area (Å²) in [6.45, 7) is 0. The first-order valence-corrected chi connectivity index (χ1v) is 4.99. The van der Waals surface area contributed by atoms with Crippen molar-refractivity contribution in [3.8, 4) is 11.1 Å². The van der Waals surface area contributed by atoms with Crippen LogP contribution in [0.25, 0.3) is 11.1 Å². The van der Waals surface area contributed by atoms with Crippen LogP contribution in [0.4, 0.5) is 8.78 Å². The van der Waals surface area contributed by atoms with Crippen LogP contribution < -0.4 is 5.46 Å². The molecule has 0 spiro atoms. The van der Waals surface area contributed by atoms with Crippen LogP contribution in [0.3, 0.4) is 0 Å². The molecule has 0 saturated carbocycles. The number of hydrogen-bond acceptors (Lipinski definition) is 2. The number of benzene rings is 2. The van der Waals surface area contributed by atoms with E-state index in [0.717, 1.165) is 6.07 Å². The lowest BCUT2D eigenvalue weighted by Gasteiger charge is -2.06. The highest BCUT2D eigenvalue weighted by atomic mass is 19.1. The lowest BCUT2D eigenvalue weighted by atomic mass is 9.79. The summed E-state index contributed by atoms with van der Waals surface area (Å²) in [5.41, 5.74) is 0.894. The Kier molecular flexibility index (Phi) is 3.22. The first-order valence-electron chi connectivity index (χ1n) is 4.99. The van der Waals surface area contributed by atoms with Gasteiger partial charge in [-0.15, -0.1) is 0 Å². The normalized spacial score (nSPS) is 10.4. The minimum absolute atomic E-state index is 0.0772. The molecule has 0 aromatic heterocycles. The Hall–Kier alpha value is -1.72. The average Bonchev–Trinajstić information content (AvgIpc) is 2.30. The van der Waals surface area contributed by atoms with E-state index < -0.39 is 18.8 Å². The molecule has 5 heteroatoms. The fourth-order valence-electron chi connectivity index (χ4n) is 1.56. The Morgan fingerprint density at radius 1 is 0.882 bits per heavy atom. The molecule has 2 aromatic carbocycles. The van der Waals surface area contributed by atoms with Gasteiger partial charge in [0.15, 0.2) is 0 Å². The molecule has 0 aliphatic carbocycles. The quantitative estimate of drug-likeness (QED) is 0.769. The number of rotatable bonds is 2. The second-order valence-electron chi connectivity index (χ2n) is 3.62. The van der Waals surface area contributed by atoms with Crippen molar-refractivity contribution in [3.63, 3.8) is 0 Å². The van der Waals surface area contributed by atoms with Gasteiger partial charge >= 0.3 is 7.12 Å². The molecule has 2 nitrogen and oxygen atoms in total. The van der Waals surface area contributed by atoms with Crippen LogP contribution in [0.15, 0.2) is 42.5 Å². The Balaban J connectivity index is 2.43. The SMILES string of the molecule is OB(O)c1ccc(-c2ccc(F)cc2)c(F)c1. The summed E-state index contributed by atoms with van der Waals surface area (Å²) < 4.78 is 26.4. The molecule has 0 fully saturated rings. The molecule has 0 heterocycles. The topological polar surface area (TPSA) is 40.5 Å². The van der Waals surface area contributed by atoms with E-state index in [9.17, 15) is 8.78 Å². The lowest BCUT2D eigenvalue weighted by Crippen LogP contribution is -2.29. The van der Waals surface area contributed by atoms with Gasteiger partial charge in [-0.1, -0.05) is 24.3 Å². The number of halogens is 2. The zero-order chi connectivity index (χ0) is 12.4. The third kappa shape index (κ3) is 2.51. The van der Waals surface area contributed by atoms with Crippen LogP contribution in [0.1, 0.15) is 0 Å². The smallest absolute Gasteiger partial charge is 0.423 e. The van der Waals surface area contributed by atoms with Crippen molar-refractivity contribution in [3.05, 3.63) is 54.1 Å². The molecule has 0 saturated heterocycles. The van der Waals surface area contributed by atoms with E-state index in [0.29, 0.717) is 5.56 Å². The molecule has 0 radical (unpaired) electrons. The van der Waals surface area contributed by atoms with Crippen LogP contribution in [0.2, 0.25) is 0 Å². The first kappa shape index (κ1) is 11.8. The summed E-state index contributed by atoms with van der Waals surface area (Å²) in [5.74, 6) is -0.973. The summed E-state index contributed by atoms with van der Waals surface area (Å²) >= 11 is 0. The zero-order valence-corrected chi connectivity index (χ0v) is 8.77. The maximum atomic E-state index is 13.7. The van der Waals surface area contributed by atoms with Crippen molar-refractivity contribution in [2.45, 2.75) is 0 Å². The van der Waals surface area contributed by atoms with E-state index in [4.69, 9.17) is 10.0 Å². The van der Waals surface area contributed by atoms with Crippen molar-refractivity contribution < 1.29 is 18.8 Å². The van der Waals surface area contributed by atoms with Gasteiger partial charge in [-0.2, -0.15) is 0 Å². The molecule has 17 heavy (non-hydrogen) atoms. The Morgan fingerprint density at radius 3 is 2.06 bits per heavy atom. The summed E-state index contributed by atoms with van der Waals surface area (Å²) in [7, 11) is -1.70. The average molecular weight is 234 g/mol. The fraction of sp³-hybridized carbons (Fsp3) is 0. The van der Waals surface area contributed by atoms with E-state index >= 15 is 0 Å². The van der Waals surface area contributed by atoms with E-state index in [1.54, 1.807) is 0 Å². The van der Waals surface area contributed by atoms with Gasteiger partial charge in [-0.25, -0.2) is 8.78 Å². The minimum Gasteiger partial charge on any atom is -0.423 e. The van der Waals surface area contributed by atoms with Gasteiger partial charge in [-0.3, -0.25) is 0 Å². The van der Waals surface area contributed by atoms with Crippen molar-refractivity contribution in [2.75, 3.05) is 0 Å². The molecule has 2 rings (SSSR count). The van der Waals surface area contributed by atoms with Gasteiger partial charge in [0.25, 0.3) is 0 Å². The molecule has 2 N–H and O–H groups in total. The van der Waals surface area contributed by atoms with Crippen molar-refractivity contribution in [2.24, 2.45) is 0 Å². The van der Waals surface area contributed by atoms with Gasteiger partial charge in [0, 0.05) is 5.56 Å². The molecular weight excluding hydrogens is 225 g/mol. The molecule has 0 aliphatic rings. The number of hydrogen-bond donors (Lipinski definition) is 2. The fourth-order valence-corrected chi connectivity index (χ4v) is 1.56. The van der Waals surface area contributed by atoms with Crippen LogP contribution in [-0.2, 0) is 0 Å². The summed E-state index contributed by atoms with van der Waals surface area (Å²) in [6.07, 6.45) is 0. The van der Waals surface area contributed by atoms with Gasteiger partial charge in [0.1, 0.15) is 11.6 Å². The second kappa shape index (κ2) is 4.65. The van der Waals surface area contributed by atoms with Gasteiger partial charge in [0.2, 0.25) is 0 Å². The predicted molar refractivity (Wildman–Crippen MR) is 61.6 cm³/mol. The molecule has 0 amide bonds. The maximum Gasteiger partial charge on any atom is 0.488 e. The van der Waals surface area contributed by atoms with Crippen LogP contribution in [-0.4, -0.2) is 17.2 Å². The summed E-state index contributed by atoms with van der Waals surface area (Å²) in [6, 6.07) is 9.28. The van der Waals surface area contributed by atoms with Gasteiger partial charge in [-0.05, 0) is 29.2 Å². The highest BCUT2D eigenvalue weighted by Gasteiger charge is 2.14.